The summed E-state index contributed by atoms with van der Waals surface area (Å²) in [6.45, 7) is 0.592. The summed E-state index contributed by atoms with van der Waals surface area (Å²) in [4.78, 5) is 17.8. The van der Waals surface area contributed by atoms with Crippen molar-refractivity contribution in [3.05, 3.63) is 34.5 Å². The molecule has 0 aromatic carbocycles. The van der Waals surface area contributed by atoms with E-state index in [1.807, 2.05) is 0 Å². The van der Waals surface area contributed by atoms with Gasteiger partial charge in [0.15, 0.2) is 5.82 Å². The molecule has 0 radical (unpaired) electrons. The molecule has 2 aromatic rings. The van der Waals surface area contributed by atoms with Gasteiger partial charge in [0, 0.05) is 24.2 Å². The van der Waals surface area contributed by atoms with E-state index in [-0.39, 0.29) is 5.56 Å². The number of H-pyrrole nitrogens is 1. The molecule has 2 heterocycles. The normalized spacial score (nSPS) is 10.6. The van der Waals surface area contributed by atoms with Gasteiger partial charge in [-0.05, 0) is 19.0 Å². The summed E-state index contributed by atoms with van der Waals surface area (Å²) in [7, 11) is 0. The van der Waals surface area contributed by atoms with Crippen LogP contribution in [0.2, 0.25) is 0 Å². The van der Waals surface area contributed by atoms with E-state index in [0.717, 1.165) is 6.42 Å². The Balaban J connectivity index is 2.21. The largest absolute Gasteiger partial charge is 0.334 e. The predicted molar refractivity (Wildman–Crippen MR) is 57.7 cm³/mol. The first-order chi connectivity index (χ1) is 7.79. The van der Waals surface area contributed by atoms with Gasteiger partial charge in [-0.1, -0.05) is 5.16 Å². The maximum Gasteiger partial charge on any atom is 0.258 e. The first-order valence-electron chi connectivity index (χ1n) is 5.01. The summed E-state index contributed by atoms with van der Waals surface area (Å²) in [6, 6.07) is 3.13. The van der Waals surface area contributed by atoms with Gasteiger partial charge in [0.2, 0.25) is 5.56 Å². The molecule has 0 unspecified atom stereocenters. The van der Waals surface area contributed by atoms with E-state index < -0.39 is 0 Å². The Morgan fingerprint density at radius 3 is 3.12 bits per heavy atom. The van der Waals surface area contributed by atoms with Crippen molar-refractivity contribution in [3.63, 3.8) is 0 Å². The molecule has 6 heteroatoms. The lowest BCUT2D eigenvalue weighted by atomic mass is 10.2. The smallest absolute Gasteiger partial charge is 0.258 e. The highest BCUT2D eigenvalue weighted by molar-refractivity contribution is 5.50. The zero-order chi connectivity index (χ0) is 11.4. The van der Waals surface area contributed by atoms with Crippen LogP contribution in [0.3, 0.4) is 0 Å². The molecule has 0 aliphatic heterocycles. The molecule has 16 heavy (non-hydrogen) atoms. The highest BCUT2D eigenvalue weighted by Gasteiger charge is 2.08. The number of aromatic amines is 1. The van der Waals surface area contributed by atoms with Gasteiger partial charge in [-0.25, -0.2) is 0 Å². The second kappa shape index (κ2) is 4.71. The van der Waals surface area contributed by atoms with Gasteiger partial charge in [0.05, 0.1) is 0 Å². The van der Waals surface area contributed by atoms with Gasteiger partial charge in [-0.2, -0.15) is 4.98 Å². The first-order valence-corrected chi connectivity index (χ1v) is 5.01. The minimum Gasteiger partial charge on any atom is -0.334 e. The van der Waals surface area contributed by atoms with E-state index in [1.165, 1.54) is 6.07 Å². The number of rotatable bonds is 4. The molecule has 0 amide bonds. The van der Waals surface area contributed by atoms with Crippen molar-refractivity contribution < 1.29 is 4.52 Å². The van der Waals surface area contributed by atoms with Gasteiger partial charge in [-0.3, -0.25) is 4.79 Å². The molecule has 0 saturated heterocycles. The van der Waals surface area contributed by atoms with Gasteiger partial charge in [0.1, 0.15) is 0 Å². The molecule has 84 valence electrons. The number of aryl methyl sites for hydroxylation is 1. The van der Waals surface area contributed by atoms with Gasteiger partial charge in [-0.15, -0.1) is 0 Å². The summed E-state index contributed by atoms with van der Waals surface area (Å²) in [5.41, 5.74) is 5.81. The van der Waals surface area contributed by atoms with Crippen LogP contribution in [0.25, 0.3) is 11.5 Å². The van der Waals surface area contributed by atoms with Crippen LogP contribution >= 0.6 is 0 Å². The molecule has 0 aliphatic rings. The molecule has 0 atom stereocenters. The predicted octanol–water partition coefficient (Wildman–Crippen LogP) is 0.316. The average molecular weight is 220 g/mol. The summed E-state index contributed by atoms with van der Waals surface area (Å²) in [5.74, 6) is 0.971. The maximum atomic E-state index is 11.1. The molecule has 6 nitrogen and oxygen atoms in total. The van der Waals surface area contributed by atoms with E-state index in [0.29, 0.717) is 30.2 Å². The molecule has 0 bridgehead atoms. The second-order valence-electron chi connectivity index (χ2n) is 3.35. The topological polar surface area (TPSA) is 97.8 Å². The molecule has 0 saturated carbocycles. The fourth-order valence-electron chi connectivity index (χ4n) is 1.31. The van der Waals surface area contributed by atoms with E-state index in [4.69, 9.17) is 10.3 Å². The SMILES string of the molecule is NCCCc1noc(-c2cc[nH]c(=O)c2)n1. The van der Waals surface area contributed by atoms with E-state index >= 15 is 0 Å². The Kier molecular flexibility index (Phi) is 3.11. The molecule has 2 rings (SSSR count). The molecule has 3 N–H and O–H groups in total. The lowest BCUT2D eigenvalue weighted by Crippen LogP contribution is -2.02. The number of hydrogen-bond acceptors (Lipinski definition) is 5. The first kappa shape index (κ1) is 10.6. The molecular formula is C10H12N4O2. The van der Waals surface area contributed by atoms with Crippen LogP contribution in [0.1, 0.15) is 12.2 Å². The third-order valence-corrected chi connectivity index (χ3v) is 2.09. The van der Waals surface area contributed by atoms with Crippen LogP contribution < -0.4 is 11.3 Å². The van der Waals surface area contributed by atoms with Crippen LogP contribution in [0, 0.1) is 0 Å². The minimum atomic E-state index is -0.195. The van der Waals surface area contributed by atoms with Crippen molar-refractivity contribution in [3.8, 4) is 11.5 Å². The molecule has 0 spiro atoms. The van der Waals surface area contributed by atoms with Crippen molar-refractivity contribution in [2.45, 2.75) is 12.8 Å². The Bertz CT molecular complexity index is 517. The number of hydrogen-bond donors (Lipinski definition) is 2. The molecule has 0 fully saturated rings. The van der Waals surface area contributed by atoms with Crippen molar-refractivity contribution in [2.24, 2.45) is 5.73 Å². The van der Waals surface area contributed by atoms with E-state index in [1.54, 1.807) is 12.3 Å². The van der Waals surface area contributed by atoms with Crippen LogP contribution in [0.4, 0.5) is 0 Å². The third-order valence-electron chi connectivity index (χ3n) is 2.09. The van der Waals surface area contributed by atoms with Gasteiger partial charge in [0.25, 0.3) is 5.89 Å². The van der Waals surface area contributed by atoms with Gasteiger partial charge >= 0.3 is 0 Å². The fraction of sp³-hybridized carbons (Fsp3) is 0.300. The van der Waals surface area contributed by atoms with Crippen LogP contribution in [0.15, 0.2) is 27.6 Å². The van der Waals surface area contributed by atoms with Crippen LogP contribution in [-0.4, -0.2) is 21.7 Å². The monoisotopic (exact) mass is 220 g/mol. The zero-order valence-corrected chi connectivity index (χ0v) is 8.64. The number of nitrogens with zero attached hydrogens (tertiary/aromatic N) is 2. The van der Waals surface area contributed by atoms with E-state index in [9.17, 15) is 4.79 Å². The van der Waals surface area contributed by atoms with Gasteiger partial charge < -0.3 is 15.2 Å². The van der Waals surface area contributed by atoms with E-state index in [2.05, 4.69) is 15.1 Å². The van der Waals surface area contributed by atoms with Crippen molar-refractivity contribution in [1.82, 2.24) is 15.1 Å². The van der Waals surface area contributed by atoms with Crippen LogP contribution in [-0.2, 0) is 6.42 Å². The zero-order valence-electron chi connectivity index (χ0n) is 8.64. The average Bonchev–Trinajstić information content (AvgIpc) is 2.75. The summed E-state index contributed by atoms with van der Waals surface area (Å²) in [6.07, 6.45) is 3.04. The highest BCUT2D eigenvalue weighted by atomic mass is 16.5. The number of pyridine rings is 1. The molecule has 0 aliphatic carbocycles. The summed E-state index contributed by atoms with van der Waals surface area (Å²) in [5, 5.41) is 3.81. The Morgan fingerprint density at radius 2 is 2.38 bits per heavy atom. The number of nitrogens with two attached hydrogens (primary N) is 1. The highest BCUT2D eigenvalue weighted by Crippen LogP contribution is 2.14. The van der Waals surface area contributed by atoms with Crippen LogP contribution in [0.5, 0.6) is 0 Å². The number of aromatic nitrogens is 3. The minimum absolute atomic E-state index is 0.195. The second-order valence-corrected chi connectivity index (χ2v) is 3.35. The quantitative estimate of drug-likeness (QED) is 0.773. The maximum absolute atomic E-state index is 11.1. The van der Waals surface area contributed by atoms with Crippen molar-refractivity contribution in [2.75, 3.05) is 6.54 Å². The summed E-state index contributed by atoms with van der Waals surface area (Å²) < 4.78 is 5.05. The lowest BCUT2D eigenvalue weighted by molar-refractivity contribution is 0.421. The summed E-state index contributed by atoms with van der Waals surface area (Å²) >= 11 is 0. The lowest BCUT2D eigenvalue weighted by Gasteiger charge is -1.90. The fourth-order valence-corrected chi connectivity index (χ4v) is 1.31. The standard InChI is InChI=1S/C10H12N4O2/c11-4-1-2-8-13-10(16-14-8)7-3-5-12-9(15)6-7/h3,5-6H,1-2,4,11H2,(H,12,15). The third kappa shape index (κ3) is 2.34. The Labute approximate surface area is 91.5 Å². The molecule has 2 aromatic heterocycles. The molecular weight excluding hydrogens is 208 g/mol. The van der Waals surface area contributed by atoms with Crippen molar-refractivity contribution >= 4 is 0 Å². The van der Waals surface area contributed by atoms with Crippen molar-refractivity contribution in [1.29, 1.82) is 0 Å². The Hall–Kier alpha value is -1.95. The Morgan fingerprint density at radius 1 is 1.50 bits per heavy atom. The number of nitrogens with one attached hydrogen (secondary N) is 1.